The number of rotatable bonds is 1. The van der Waals surface area contributed by atoms with Gasteiger partial charge in [-0.1, -0.05) is 24.3 Å². The molecule has 2 aliphatic rings. The molecule has 2 aromatic heterocycles. The Bertz CT molecular complexity index is 816. The summed E-state index contributed by atoms with van der Waals surface area (Å²) in [5, 5.41) is 8.87. The summed E-state index contributed by atoms with van der Waals surface area (Å²) < 4.78 is 0. The summed E-state index contributed by atoms with van der Waals surface area (Å²) >= 11 is 0. The van der Waals surface area contributed by atoms with Crippen molar-refractivity contribution >= 4 is 16.7 Å². The first kappa shape index (κ1) is 10.4. The summed E-state index contributed by atoms with van der Waals surface area (Å²) in [5.41, 5.74) is 4.69. The molecule has 98 valence electrons. The number of hydrogen-bond acceptors (Lipinski definition) is 3. The Hall–Kier alpha value is -2.36. The largest absolute Gasteiger partial charge is 0.349 e. The second-order valence-corrected chi connectivity index (χ2v) is 5.65. The van der Waals surface area contributed by atoms with Crippen molar-refractivity contribution in [2.24, 2.45) is 0 Å². The van der Waals surface area contributed by atoms with Crippen LogP contribution in [0.25, 0.3) is 22.2 Å². The standard InChI is InChI=1S/C16H14N4/c1-2-4-12-10(3-1)9-20(11-5-6-11)16-14-13(7-8-17-16)18-19-15(12)14/h1-4,7-8,11H,5-6,9H2,(H,18,19). The highest BCUT2D eigenvalue weighted by atomic mass is 15.2. The maximum atomic E-state index is 4.66. The fraction of sp³-hybridized carbons (Fsp3) is 0.250. The number of nitrogens with zero attached hydrogens (tertiary/aromatic N) is 3. The summed E-state index contributed by atoms with van der Waals surface area (Å²) in [7, 11) is 0. The van der Waals surface area contributed by atoms with Crippen LogP contribution in [0.3, 0.4) is 0 Å². The lowest BCUT2D eigenvalue weighted by Gasteiger charge is -2.23. The van der Waals surface area contributed by atoms with Gasteiger partial charge in [0.2, 0.25) is 0 Å². The van der Waals surface area contributed by atoms with E-state index in [0.717, 1.165) is 23.6 Å². The first-order valence-corrected chi connectivity index (χ1v) is 7.10. The molecule has 1 fully saturated rings. The van der Waals surface area contributed by atoms with Crippen molar-refractivity contribution in [2.45, 2.75) is 25.4 Å². The molecule has 1 aliphatic heterocycles. The van der Waals surface area contributed by atoms with Gasteiger partial charge >= 0.3 is 0 Å². The van der Waals surface area contributed by atoms with Crippen LogP contribution in [0, 0.1) is 0 Å². The predicted octanol–water partition coefficient (Wildman–Crippen LogP) is 3.11. The first-order valence-electron chi connectivity index (χ1n) is 7.10. The van der Waals surface area contributed by atoms with Gasteiger partial charge in [0.15, 0.2) is 0 Å². The second-order valence-electron chi connectivity index (χ2n) is 5.65. The Labute approximate surface area is 116 Å². The van der Waals surface area contributed by atoms with E-state index >= 15 is 0 Å². The number of benzene rings is 1. The first-order chi connectivity index (χ1) is 9.92. The number of H-pyrrole nitrogens is 1. The van der Waals surface area contributed by atoms with Crippen molar-refractivity contribution in [1.29, 1.82) is 0 Å². The van der Waals surface area contributed by atoms with Gasteiger partial charge in [-0.25, -0.2) is 4.98 Å². The number of hydrogen-bond donors (Lipinski definition) is 1. The van der Waals surface area contributed by atoms with E-state index in [9.17, 15) is 0 Å². The Morgan fingerprint density at radius 2 is 2.05 bits per heavy atom. The van der Waals surface area contributed by atoms with Crippen LogP contribution >= 0.6 is 0 Å². The van der Waals surface area contributed by atoms with Gasteiger partial charge in [-0.2, -0.15) is 5.10 Å². The van der Waals surface area contributed by atoms with Gasteiger partial charge in [0.1, 0.15) is 11.5 Å². The minimum atomic E-state index is 0.641. The van der Waals surface area contributed by atoms with Crippen LogP contribution in [0.4, 0.5) is 5.82 Å². The Morgan fingerprint density at radius 1 is 1.15 bits per heavy atom. The summed E-state index contributed by atoms with van der Waals surface area (Å²) in [6, 6.07) is 11.2. The molecule has 4 heteroatoms. The minimum Gasteiger partial charge on any atom is -0.349 e. The van der Waals surface area contributed by atoms with Gasteiger partial charge in [-0.15, -0.1) is 0 Å². The third-order valence-corrected chi connectivity index (χ3v) is 4.33. The number of nitrogens with one attached hydrogen (secondary N) is 1. The molecular weight excluding hydrogens is 248 g/mol. The van der Waals surface area contributed by atoms with Crippen LogP contribution in [0.15, 0.2) is 36.5 Å². The van der Waals surface area contributed by atoms with E-state index < -0.39 is 0 Å². The number of anilines is 1. The van der Waals surface area contributed by atoms with Crippen LogP contribution < -0.4 is 4.90 Å². The molecule has 1 aliphatic carbocycles. The smallest absolute Gasteiger partial charge is 0.140 e. The summed E-state index contributed by atoms with van der Waals surface area (Å²) in [6.07, 6.45) is 4.42. The molecule has 20 heavy (non-hydrogen) atoms. The van der Waals surface area contributed by atoms with E-state index in [-0.39, 0.29) is 0 Å². The van der Waals surface area contributed by atoms with Crippen molar-refractivity contribution in [3.8, 4) is 11.3 Å². The molecule has 4 nitrogen and oxygen atoms in total. The highest BCUT2D eigenvalue weighted by molar-refractivity contribution is 6.02. The van der Waals surface area contributed by atoms with Gasteiger partial charge in [0.05, 0.1) is 10.9 Å². The molecule has 0 radical (unpaired) electrons. The zero-order valence-electron chi connectivity index (χ0n) is 11.0. The molecule has 0 unspecified atom stereocenters. The molecule has 1 N–H and O–H groups in total. The monoisotopic (exact) mass is 262 g/mol. The summed E-state index contributed by atoms with van der Waals surface area (Å²) in [5.74, 6) is 1.09. The molecule has 0 saturated heterocycles. The highest BCUT2D eigenvalue weighted by Gasteiger charge is 2.34. The van der Waals surface area contributed by atoms with E-state index in [1.165, 1.54) is 29.4 Å². The number of aromatic nitrogens is 3. The van der Waals surface area contributed by atoms with E-state index in [4.69, 9.17) is 0 Å². The molecule has 0 atom stereocenters. The second kappa shape index (κ2) is 3.60. The molecular formula is C16H14N4. The topological polar surface area (TPSA) is 44.8 Å². The lowest BCUT2D eigenvalue weighted by molar-refractivity contribution is 0.786. The van der Waals surface area contributed by atoms with Gasteiger partial charge < -0.3 is 4.90 Å². The molecule has 3 heterocycles. The van der Waals surface area contributed by atoms with E-state index in [1.807, 2.05) is 12.3 Å². The molecule has 1 aromatic carbocycles. The van der Waals surface area contributed by atoms with Crippen LogP contribution in [0.2, 0.25) is 0 Å². The molecule has 0 amide bonds. The minimum absolute atomic E-state index is 0.641. The van der Waals surface area contributed by atoms with Gasteiger partial charge in [-0.05, 0) is 24.5 Å². The lowest BCUT2D eigenvalue weighted by atomic mass is 10.0. The fourth-order valence-corrected chi connectivity index (χ4v) is 3.20. The lowest BCUT2D eigenvalue weighted by Crippen LogP contribution is -2.25. The SMILES string of the molecule is c1ccc2c(c1)CN(C1CC1)c1nccc3[nH]nc-2c13. The number of aromatic amines is 1. The zero-order valence-corrected chi connectivity index (χ0v) is 11.0. The molecule has 1 saturated carbocycles. The van der Waals surface area contributed by atoms with Gasteiger partial charge in [0.25, 0.3) is 0 Å². The summed E-state index contributed by atoms with van der Waals surface area (Å²) in [6.45, 7) is 0.934. The van der Waals surface area contributed by atoms with E-state index in [2.05, 4.69) is 44.3 Å². The Balaban J connectivity index is 1.89. The van der Waals surface area contributed by atoms with Crippen LogP contribution in [0.1, 0.15) is 18.4 Å². The quantitative estimate of drug-likeness (QED) is 0.733. The van der Waals surface area contributed by atoms with E-state index in [0.29, 0.717) is 6.04 Å². The fourth-order valence-electron chi connectivity index (χ4n) is 3.20. The maximum Gasteiger partial charge on any atom is 0.140 e. The predicted molar refractivity (Wildman–Crippen MR) is 78.5 cm³/mol. The Kier molecular flexibility index (Phi) is 1.88. The van der Waals surface area contributed by atoms with Crippen molar-refractivity contribution in [1.82, 2.24) is 15.2 Å². The Morgan fingerprint density at radius 3 is 2.95 bits per heavy atom. The number of fused-ring (bicyclic) bond motifs is 2. The average Bonchev–Trinajstić information content (AvgIpc) is 3.25. The number of pyridine rings is 1. The molecule has 0 spiro atoms. The zero-order chi connectivity index (χ0) is 13.1. The van der Waals surface area contributed by atoms with Crippen LogP contribution in [-0.2, 0) is 6.54 Å². The third-order valence-electron chi connectivity index (χ3n) is 4.33. The van der Waals surface area contributed by atoms with Gasteiger partial charge in [-0.3, -0.25) is 5.10 Å². The summed E-state index contributed by atoms with van der Waals surface area (Å²) in [4.78, 5) is 7.11. The molecule has 0 bridgehead atoms. The highest BCUT2D eigenvalue weighted by Crippen LogP contribution is 2.42. The molecule has 5 rings (SSSR count). The van der Waals surface area contributed by atoms with Crippen molar-refractivity contribution < 1.29 is 0 Å². The van der Waals surface area contributed by atoms with Crippen LogP contribution in [0.5, 0.6) is 0 Å². The van der Waals surface area contributed by atoms with E-state index in [1.54, 1.807) is 0 Å². The van der Waals surface area contributed by atoms with Crippen LogP contribution in [-0.4, -0.2) is 21.2 Å². The average molecular weight is 262 g/mol. The maximum absolute atomic E-state index is 4.66. The van der Waals surface area contributed by atoms with Gasteiger partial charge in [0, 0.05) is 24.3 Å². The molecule has 3 aromatic rings. The normalized spacial score (nSPS) is 17.1. The van der Waals surface area contributed by atoms with Crippen molar-refractivity contribution in [3.63, 3.8) is 0 Å². The van der Waals surface area contributed by atoms with Crippen molar-refractivity contribution in [2.75, 3.05) is 4.90 Å². The van der Waals surface area contributed by atoms with Crippen molar-refractivity contribution in [3.05, 3.63) is 42.1 Å². The third kappa shape index (κ3) is 1.31.